The summed E-state index contributed by atoms with van der Waals surface area (Å²) >= 11 is 0. The summed E-state index contributed by atoms with van der Waals surface area (Å²) in [6, 6.07) is 5.55. The smallest absolute Gasteiger partial charge is 0.268 e. The van der Waals surface area contributed by atoms with E-state index in [1.165, 1.54) is 6.33 Å². The van der Waals surface area contributed by atoms with E-state index >= 15 is 0 Å². The molecular weight excluding hydrogens is 298 g/mol. The van der Waals surface area contributed by atoms with Crippen LogP contribution in [0.2, 0.25) is 0 Å². The van der Waals surface area contributed by atoms with Crippen LogP contribution in [0, 0.1) is 0 Å². The first kappa shape index (κ1) is 15.4. The second-order valence-electron chi connectivity index (χ2n) is 5.57. The van der Waals surface area contributed by atoms with Crippen molar-refractivity contribution in [2.45, 2.75) is 31.9 Å². The molecule has 1 aromatic heterocycles. The molecular formula is C16H19N3O4. The number of primary amides is 1. The summed E-state index contributed by atoms with van der Waals surface area (Å²) in [7, 11) is 0. The summed E-state index contributed by atoms with van der Waals surface area (Å²) in [5.41, 5.74) is 6.44. The molecule has 0 saturated heterocycles. The van der Waals surface area contributed by atoms with Gasteiger partial charge in [-0.2, -0.15) is 0 Å². The Labute approximate surface area is 133 Å². The van der Waals surface area contributed by atoms with E-state index in [1.807, 2.05) is 18.2 Å². The fourth-order valence-corrected chi connectivity index (χ4v) is 2.78. The highest BCUT2D eigenvalue weighted by atomic mass is 16.7. The molecule has 0 radical (unpaired) electrons. The highest BCUT2D eigenvalue weighted by molar-refractivity contribution is 5.90. The highest BCUT2D eigenvalue weighted by Crippen LogP contribution is 2.36. The molecule has 3 rings (SSSR count). The first-order valence-corrected chi connectivity index (χ1v) is 7.45. The van der Waals surface area contributed by atoms with Gasteiger partial charge in [-0.15, -0.1) is 0 Å². The van der Waals surface area contributed by atoms with Crippen LogP contribution in [0.1, 0.15) is 35.4 Å². The van der Waals surface area contributed by atoms with Crippen LogP contribution in [-0.4, -0.2) is 33.5 Å². The number of aromatic nitrogens is 2. The minimum Gasteiger partial charge on any atom is -0.454 e. The summed E-state index contributed by atoms with van der Waals surface area (Å²) in [5, 5.41) is 10.1. The van der Waals surface area contributed by atoms with E-state index in [0.717, 1.165) is 17.1 Å². The van der Waals surface area contributed by atoms with Gasteiger partial charge in [0.25, 0.3) is 5.91 Å². The number of fused-ring (bicyclic) bond motifs is 1. The van der Waals surface area contributed by atoms with E-state index in [4.69, 9.17) is 15.2 Å². The zero-order valence-corrected chi connectivity index (χ0v) is 12.8. The van der Waals surface area contributed by atoms with Gasteiger partial charge in [-0.3, -0.25) is 4.79 Å². The van der Waals surface area contributed by atoms with E-state index in [9.17, 15) is 9.90 Å². The zero-order chi connectivity index (χ0) is 16.4. The number of imidazole rings is 1. The number of ether oxygens (including phenoxy) is 2. The molecule has 23 heavy (non-hydrogen) atoms. The maximum absolute atomic E-state index is 11.2. The normalized spacial score (nSPS) is 15.4. The summed E-state index contributed by atoms with van der Waals surface area (Å²) in [4.78, 5) is 15.1. The van der Waals surface area contributed by atoms with E-state index in [1.54, 1.807) is 17.7 Å². The Morgan fingerprint density at radius 2 is 2.30 bits per heavy atom. The van der Waals surface area contributed by atoms with E-state index in [-0.39, 0.29) is 18.5 Å². The predicted octanol–water partition coefficient (Wildman–Crippen LogP) is 1.27. The molecule has 1 amide bonds. The molecule has 7 nitrogen and oxygen atoms in total. The molecule has 1 aromatic carbocycles. The van der Waals surface area contributed by atoms with Gasteiger partial charge in [0, 0.05) is 6.20 Å². The largest absolute Gasteiger partial charge is 0.454 e. The van der Waals surface area contributed by atoms with Crippen LogP contribution in [0.15, 0.2) is 30.7 Å². The number of benzene rings is 1. The Hall–Kier alpha value is -2.54. The molecule has 0 saturated carbocycles. The van der Waals surface area contributed by atoms with Crippen molar-refractivity contribution in [1.82, 2.24) is 9.55 Å². The first-order chi connectivity index (χ1) is 11.1. The average molecular weight is 317 g/mol. The SMILES string of the molecule is C[C@H](O)[C@@H](CCc1cccc2c1OCO2)n1cnc(C(N)=O)c1. The van der Waals surface area contributed by atoms with Crippen LogP contribution in [0.3, 0.4) is 0 Å². The average Bonchev–Trinajstić information content (AvgIpc) is 3.16. The van der Waals surface area contributed by atoms with Crippen molar-refractivity contribution in [2.75, 3.05) is 6.79 Å². The van der Waals surface area contributed by atoms with Crippen molar-refractivity contribution < 1.29 is 19.4 Å². The summed E-state index contributed by atoms with van der Waals surface area (Å²) in [5.74, 6) is 0.926. The fourth-order valence-electron chi connectivity index (χ4n) is 2.78. The Morgan fingerprint density at radius 1 is 1.48 bits per heavy atom. The monoisotopic (exact) mass is 317 g/mol. The third-order valence-corrected chi connectivity index (χ3v) is 3.98. The maximum atomic E-state index is 11.2. The summed E-state index contributed by atoms with van der Waals surface area (Å²) in [6.45, 7) is 1.94. The Bertz CT molecular complexity index is 711. The molecule has 2 aromatic rings. The summed E-state index contributed by atoms with van der Waals surface area (Å²) < 4.78 is 12.6. The first-order valence-electron chi connectivity index (χ1n) is 7.45. The topological polar surface area (TPSA) is 99.6 Å². The van der Waals surface area contributed by atoms with Gasteiger partial charge in [0.15, 0.2) is 11.5 Å². The Morgan fingerprint density at radius 3 is 3.00 bits per heavy atom. The molecule has 0 bridgehead atoms. The molecule has 2 heterocycles. The number of para-hydroxylation sites is 1. The molecule has 7 heteroatoms. The Kier molecular flexibility index (Phi) is 4.20. The van der Waals surface area contributed by atoms with Crippen LogP contribution in [0.25, 0.3) is 0 Å². The molecule has 1 aliphatic heterocycles. The van der Waals surface area contributed by atoms with Gasteiger partial charge in [-0.1, -0.05) is 12.1 Å². The van der Waals surface area contributed by atoms with Crippen LogP contribution >= 0.6 is 0 Å². The van der Waals surface area contributed by atoms with Crippen molar-refractivity contribution in [3.63, 3.8) is 0 Å². The number of hydrogen-bond donors (Lipinski definition) is 2. The zero-order valence-electron chi connectivity index (χ0n) is 12.8. The van der Waals surface area contributed by atoms with Crippen molar-refractivity contribution in [3.05, 3.63) is 42.0 Å². The molecule has 0 fully saturated rings. The van der Waals surface area contributed by atoms with Gasteiger partial charge >= 0.3 is 0 Å². The van der Waals surface area contributed by atoms with Gasteiger partial charge in [-0.05, 0) is 31.4 Å². The van der Waals surface area contributed by atoms with Crippen LogP contribution in [0.5, 0.6) is 11.5 Å². The van der Waals surface area contributed by atoms with Crippen molar-refractivity contribution in [2.24, 2.45) is 5.73 Å². The lowest BCUT2D eigenvalue weighted by molar-refractivity contribution is 0.0994. The lowest BCUT2D eigenvalue weighted by Crippen LogP contribution is -2.21. The number of amides is 1. The lowest BCUT2D eigenvalue weighted by atomic mass is 10.0. The third-order valence-electron chi connectivity index (χ3n) is 3.98. The van der Waals surface area contributed by atoms with Crippen LogP contribution < -0.4 is 15.2 Å². The standard InChI is InChI=1S/C16H19N3O4/c1-10(20)13(19-7-12(16(17)21)18-8-19)6-5-11-3-2-4-14-15(11)23-9-22-14/h2-4,7-8,10,13,20H,5-6,9H2,1H3,(H2,17,21)/t10-,13+/m0/s1. The van der Waals surface area contributed by atoms with Crippen molar-refractivity contribution in [3.8, 4) is 11.5 Å². The van der Waals surface area contributed by atoms with Crippen LogP contribution in [0.4, 0.5) is 0 Å². The quantitative estimate of drug-likeness (QED) is 0.835. The third kappa shape index (κ3) is 3.14. The number of carbonyl (C=O) groups is 1. The predicted molar refractivity (Wildman–Crippen MR) is 82.3 cm³/mol. The van der Waals surface area contributed by atoms with Crippen LogP contribution in [-0.2, 0) is 6.42 Å². The number of aryl methyl sites for hydroxylation is 1. The minimum absolute atomic E-state index is 0.188. The summed E-state index contributed by atoms with van der Waals surface area (Å²) in [6.07, 6.45) is 3.85. The van der Waals surface area contributed by atoms with E-state index in [0.29, 0.717) is 12.8 Å². The van der Waals surface area contributed by atoms with E-state index < -0.39 is 12.0 Å². The van der Waals surface area contributed by atoms with Crippen molar-refractivity contribution >= 4 is 5.91 Å². The number of rotatable bonds is 6. The lowest BCUT2D eigenvalue weighted by Gasteiger charge is -2.21. The maximum Gasteiger partial charge on any atom is 0.268 e. The second kappa shape index (κ2) is 6.29. The molecule has 0 spiro atoms. The molecule has 0 unspecified atom stereocenters. The molecule has 2 atom stereocenters. The molecule has 122 valence electrons. The second-order valence-corrected chi connectivity index (χ2v) is 5.57. The number of aliphatic hydroxyl groups is 1. The van der Waals surface area contributed by atoms with Gasteiger partial charge in [0.2, 0.25) is 6.79 Å². The van der Waals surface area contributed by atoms with Gasteiger partial charge in [-0.25, -0.2) is 4.98 Å². The van der Waals surface area contributed by atoms with Gasteiger partial charge in [0.1, 0.15) is 5.69 Å². The van der Waals surface area contributed by atoms with Gasteiger partial charge in [0.05, 0.1) is 18.5 Å². The number of aliphatic hydroxyl groups excluding tert-OH is 1. The number of nitrogens with zero attached hydrogens (tertiary/aromatic N) is 2. The minimum atomic E-state index is -0.598. The molecule has 0 aliphatic carbocycles. The molecule has 1 aliphatic rings. The fraction of sp³-hybridized carbons (Fsp3) is 0.375. The van der Waals surface area contributed by atoms with Crippen molar-refractivity contribution in [1.29, 1.82) is 0 Å². The van der Waals surface area contributed by atoms with E-state index in [2.05, 4.69) is 4.98 Å². The number of nitrogens with two attached hydrogens (primary N) is 1. The number of carbonyl (C=O) groups excluding carboxylic acids is 1. The van der Waals surface area contributed by atoms with Gasteiger partial charge < -0.3 is 24.9 Å². The highest BCUT2D eigenvalue weighted by Gasteiger charge is 2.22. The Balaban J connectivity index is 1.76. The molecule has 3 N–H and O–H groups in total. The number of hydrogen-bond acceptors (Lipinski definition) is 5.